The Hall–Kier alpha value is -2.02. The minimum absolute atomic E-state index is 0.168. The predicted molar refractivity (Wildman–Crippen MR) is 71.5 cm³/mol. The summed E-state index contributed by atoms with van der Waals surface area (Å²) in [6, 6.07) is 3.38. The maximum Gasteiger partial charge on any atom is 0.417 e. The molecule has 2 heterocycles. The molecule has 0 saturated carbocycles. The zero-order valence-corrected chi connectivity index (χ0v) is 11.6. The Morgan fingerprint density at radius 2 is 1.90 bits per heavy atom. The van der Waals surface area contributed by atoms with Crippen molar-refractivity contribution < 1.29 is 13.2 Å². The summed E-state index contributed by atoms with van der Waals surface area (Å²) in [7, 11) is 1.54. The van der Waals surface area contributed by atoms with Crippen LogP contribution in [0.4, 0.5) is 13.2 Å². The van der Waals surface area contributed by atoms with E-state index in [1.165, 1.54) is 16.8 Å². The molecule has 2 aromatic rings. The van der Waals surface area contributed by atoms with E-state index in [4.69, 9.17) is 11.6 Å². The van der Waals surface area contributed by atoms with Gasteiger partial charge in [-0.05, 0) is 17.7 Å². The Kier molecular flexibility index (Phi) is 3.95. The average molecular weight is 319 g/mol. The van der Waals surface area contributed by atoms with Crippen molar-refractivity contribution in [2.24, 2.45) is 7.05 Å². The van der Waals surface area contributed by atoms with Gasteiger partial charge in [-0.15, -0.1) is 0 Å². The Morgan fingerprint density at radius 3 is 2.48 bits per heavy atom. The van der Waals surface area contributed by atoms with E-state index in [0.29, 0.717) is 17.8 Å². The van der Waals surface area contributed by atoms with Crippen molar-refractivity contribution in [1.29, 1.82) is 0 Å². The van der Waals surface area contributed by atoms with Gasteiger partial charge in [0.1, 0.15) is 5.02 Å². The summed E-state index contributed by atoms with van der Waals surface area (Å²) in [5.74, 6) is 0. The van der Waals surface area contributed by atoms with Crippen molar-refractivity contribution in [1.82, 2.24) is 9.13 Å². The minimum atomic E-state index is -4.61. The smallest absolute Gasteiger partial charge is 0.319 e. The summed E-state index contributed by atoms with van der Waals surface area (Å²) in [6.07, 6.45) is -2.45. The molecule has 0 saturated heterocycles. The van der Waals surface area contributed by atoms with Gasteiger partial charge in [0.15, 0.2) is 0 Å². The Balaban J connectivity index is 2.48. The largest absolute Gasteiger partial charge is 0.417 e. The van der Waals surface area contributed by atoms with Crippen LogP contribution in [0.1, 0.15) is 11.1 Å². The zero-order valence-electron chi connectivity index (χ0n) is 10.8. The molecule has 0 fully saturated rings. The number of nitrogens with zero attached hydrogens (tertiary/aromatic N) is 2. The number of alkyl halides is 3. The van der Waals surface area contributed by atoms with Gasteiger partial charge in [-0.1, -0.05) is 11.6 Å². The van der Waals surface area contributed by atoms with Crippen LogP contribution in [0.25, 0.3) is 0 Å². The molecular formula is C13H10ClF3N2O2. The Morgan fingerprint density at radius 1 is 1.24 bits per heavy atom. The highest BCUT2D eigenvalue weighted by Crippen LogP contribution is 2.29. The molecule has 112 valence electrons. The van der Waals surface area contributed by atoms with Crippen molar-refractivity contribution in [3.05, 3.63) is 67.4 Å². The van der Waals surface area contributed by atoms with E-state index in [1.54, 1.807) is 13.1 Å². The molecule has 0 amide bonds. The summed E-state index contributed by atoms with van der Waals surface area (Å²) in [4.78, 5) is 23.3. The van der Waals surface area contributed by atoms with E-state index in [2.05, 4.69) is 0 Å². The first-order chi connectivity index (χ1) is 9.68. The fourth-order valence-electron chi connectivity index (χ4n) is 1.76. The number of rotatable bonds is 2. The number of halogens is 4. The normalized spacial score (nSPS) is 11.7. The van der Waals surface area contributed by atoms with Gasteiger partial charge in [0, 0.05) is 25.5 Å². The second kappa shape index (κ2) is 5.40. The van der Waals surface area contributed by atoms with Crippen molar-refractivity contribution in [3.8, 4) is 0 Å². The van der Waals surface area contributed by atoms with E-state index in [0.717, 1.165) is 4.57 Å². The van der Waals surface area contributed by atoms with Crippen LogP contribution in [0.5, 0.6) is 0 Å². The Bertz CT molecular complexity index is 793. The van der Waals surface area contributed by atoms with Crippen molar-refractivity contribution in [2.75, 3.05) is 0 Å². The minimum Gasteiger partial charge on any atom is -0.319 e. The molecule has 2 rings (SSSR count). The summed E-state index contributed by atoms with van der Waals surface area (Å²) in [5.41, 5.74) is -1.67. The van der Waals surface area contributed by atoms with Crippen LogP contribution in [-0.2, 0) is 19.8 Å². The topological polar surface area (TPSA) is 44.0 Å². The van der Waals surface area contributed by atoms with Crippen LogP contribution < -0.4 is 11.1 Å². The monoisotopic (exact) mass is 318 g/mol. The summed E-state index contributed by atoms with van der Waals surface area (Å²) >= 11 is 5.55. The lowest BCUT2D eigenvalue weighted by molar-refractivity contribution is -0.138. The molecule has 0 N–H and O–H groups in total. The lowest BCUT2D eigenvalue weighted by Gasteiger charge is -2.12. The third-order valence-corrected chi connectivity index (χ3v) is 3.16. The quantitative estimate of drug-likeness (QED) is 0.852. The van der Waals surface area contributed by atoms with Crippen LogP contribution in [-0.4, -0.2) is 9.13 Å². The number of pyridine rings is 2. The highest BCUT2D eigenvalue weighted by atomic mass is 35.5. The van der Waals surface area contributed by atoms with Crippen molar-refractivity contribution in [2.45, 2.75) is 12.7 Å². The number of aryl methyl sites for hydroxylation is 1. The SMILES string of the molecule is Cn1ccc(Cn2cc(C(F)(F)F)cc(Cl)c2=O)cc1=O. The first-order valence-corrected chi connectivity index (χ1v) is 6.19. The fraction of sp³-hybridized carbons (Fsp3) is 0.231. The van der Waals surface area contributed by atoms with Gasteiger partial charge in [-0.2, -0.15) is 13.2 Å². The molecule has 0 aliphatic carbocycles. The number of hydrogen-bond acceptors (Lipinski definition) is 2. The second-order valence-electron chi connectivity index (χ2n) is 4.49. The molecule has 2 aromatic heterocycles. The van der Waals surface area contributed by atoms with E-state index in [1.807, 2.05) is 0 Å². The standard InChI is InChI=1S/C13H10ClF3N2O2/c1-18-3-2-8(4-11(18)20)6-19-7-9(13(15,16)17)5-10(14)12(19)21/h2-5,7H,6H2,1H3. The molecule has 0 aliphatic heterocycles. The van der Waals surface area contributed by atoms with Crippen LogP contribution in [0, 0.1) is 0 Å². The van der Waals surface area contributed by atoms with E-state index < -0.39 is 22.3 Å². The van der Waals surface area contributed by atoms with Gasteiger partial charge in [0.05, 0.1) is 12.1 Å². The van der Waals surface area contributed by atoms with Gasteiger partial charge in [-0.3, -0.25) is 9.59 Å². The molecule has 4 nitrogen and oxygen atoms in total. The molecule has 8 heteroatoms. The van der Waals surface area contributed by atoms with E-state index in [9.17, 15) is 22.8 Å². The molecular weight excluding hydrogens is 309 g/mol. The van der Waals surface area contributed by atoms with Crippen LogP contribution >= 0.6 is 11.6 Å². The molecule has 0 radical (unpaired) electrons. The van der Waals surface area contributed by atoms with Crippen LogP contribution in [0.15, 0.2) is 40.2 Å². The van der Waals surface area contributed by atoms with E-state index >= 15 is 0 Å². The summed E-state index contributed by atoms with van der Waals surface area (Å²) in [6.45, 7) is -0.168. The Labute approximate surface area is 122 Å². The summed E-state index contributed by atoms with van der Waals surface area (Å²) in [5, 5.41) is -0.520. The number of hydrogen-bond donors (Lipinski definition) is 0. The van der Waals surface area contributed by atoms with E-state index in [-0.39, 0.29) is 12.1 Å². The molecule has 0 aliphatic rings. The average Bonchev–Trinajstić information content (AvgIpc) is 2.38. The van der Waals surface area contributed by atoms with Crippen LogP contribution in [0.3, 0.4) is 0 Å². The third-order valence-electron chi connectivity index (χ3n) is 2.89. The highest BCUT2D eigenvalue weighted by Gasteiger charge is 2.32. The molecule has 0 aromatic carbocycles. The first kappa shape index (κ1) is 15.4. The molecule has 21 heavy (non-hydrogen) atoms. The van der Waals surface area contributed by atoms with Gasteiger partial charge in [0.2, 0.25) is 0 Å². The lowest BCUT2D eigenvalue weighted by Crippen LogP contribution is -2.24. The number of aromatic nitrogens is 2. The predicted octanol–water partition coefficient (Wildman–Crippen LogP) is 2.27. The summed E-state index contributed by atoms with van der Waals surface area (Å²) < 4.78 is 40.3. The molecule has 0 atom stereocenters. The zero-order chi connectivity index (χ0) is 15.8. The van der Waals surface area contributed by atoms with Gasteiger partial charge < -0.3 is 9.13 Å². The van der Waals surface area contributed by atoms with Crippen molar-refractivity contribution >= 4 is 11.6 Å². The molecule has 0 bridgehead atoms. The van der Waals surface area contributed by atoms with Crippen LogP contribution in [0.2, 0.25) is 5.02 Å². The third kappa shape index (κ3) is 3.36. The van der Waals surface area contributed by atoms with Gasteiger partial charge in [-0.25, -0.2) is 0 Å². The fourth-order valence-corrected chi connectivity index (χ4v) is 1.98. The van der Waals surface area contributed by atoms with Crippen molar-refractivity contribution in [3.63, 3.8) is 0 Å². The van der Waals surface area contributed by atoms with Gasteiger partial charge >= 0.3 is 6.18 Å². The highest BCUT2D eigenvalue weighted by molar-refractivity contribution is 6.30. The molecule has 0 spiro atoms. The maximum absolute atomic E-state index is 12.7. The lowest BCUT2D eigenvalue weighted by atomic mass is 10.2. The van der Waals surface area contributed by atoms with Gasteiger partial charge in [0.25, 0.3) is 11.1 Å². The second-order valence-corrected chi connectivity index (χ2v) is 4.90. The molecule has 0 unspecified atom stereocenters. The maximum atomic E-state index is 12.7. The first-order valence-electron chi connectivity index (χ1n) is 5.81.